The van der Waals surface area contributed by atoms with E-state index in [0.717, 1.165) is 11.3 Å². The van der Waals surface area contributed by atoms with E-state index in [4.69, 9.17) is 14.2 Å². The standard InChI is InChI=1S/C15H18O4/c1-3-19-14(16)15(9-4-10-18-11-15)12-5-7-13(17-2)8-6-12/h4-8,10H,3,9,11H2,1-2H3. The van der Waals surface area contributed by atoms with Crippen LogP contribution < -0.4 is 4.74 Å². The molecular formula is C15H18O4. The van der Waals surface area contributed by atoms with Crippen LogP contribution in [-0.2, 0) is 19.7 Å². The summed E-state index contributed by atoms with van der Waals surface area (Å²) in [5.41, 5.74) is 0.132. The molecule has 19 heavy (non-hydrogen) atoms. The third-order valence-corrected chi connectivity index (χ3v) is 3.30. The molecule has 1 aliphatic rings. The summed E-state index contributed by atoms with van der Waals surface area (Å²) in [5.74, 6) is 0.513. The van der Waals surface area contributed by atoms with E-state index in [0.29, 0.717) is 19.6 Å². The second kappa shape index (κ2) is 5.78. The van der Waals surface area contributed by atoms with Gasteiger partial charge in [-0.1, -0.05) is 12.1 Å². The lowest BCUT2D eigenvalue weighted by Gasteiger charge is -2.32. The zero-order valence-electron chi connectivity index (χ0n) is 11.2. The third-order valence-electron chi connectivity index (χ3n) is 3.30. The van der Waals surface area contributed by atoms with E-state index in [1.807, 2.05) is 30.3 Å². The van der Waals surface area contributed by atoms with Crippen LogP contribution in [-0.4, -0.2) is 26.3 Å². The molecule has 0 aromatic heterocycles. The van der Waals surface area contributed by atoms with Crippen molar-refractivity contribution in [3.05, 3.63) is 42.2 Å². The fourth-order valence-corrected chi connectivity index (χ4v) is 2.21. The molecular weight excluding hydrogens is 244 g/mol. The molecule has 2 rings (SSSR count). The molecule has 0 saturated carbocycles. The minimum Gasteiger partial charge on any atom is -0.500 e. The molecule has 4 heteroatoms. The van der Waals surface area contributed by atoms with Gasteiger partial charge in [0, 0.05) is 0 Å². The van der Waals surface area contributed by atoms with Crippen molar-refractivity contribution in [3.63, 3.8) is 0 Å². The Morgan fingerprint density at radius 2 is 2.11 bits per heavy atom. The summed E-state index contributed by atoms with van der Waals surface area (Å²) in [7, 11) is 1.61. The minimum absolute atomic E-state index is 0.246. The number of methoxy groups -OCH3 is 1. The molecule has 0 radical (unpaired) electrons. The fraction of sp³-hybridized carbons (Fsp3) is 0.400. The summed E-state index contributed by atoms with van der Waals surface area (Å²) < 4.78 is 15.7. The second-order valence-corrected chi connectivity index (χ2v) is 4.42. The van der Waals surface area contributed by atoms with Crippen LogP contribution >= 0.6 is 0 Å². The maximum atomic E-state index is 12.3. The largest absolute Gasteiger partial charge is 0.500 e. The van der Waals surface area contributed by atoms with Crippen LogP contribution in [0.15, 0.2) is 36.6 Å². The van der Waals surface area contributed by atoms with Gasteiger partial charge in [0.15, 0.2) is 0 Å². The first-order chi connectivity index (χ1) is 9.23. The Labute approximate surface area is 113 Å². The van der Waals surface area contributed by atoms with Crippen molar-refractivity contribution in [2.24, 2.45) is 0 Å². The van der Waals surface area contributed by atoms with E-state index >= 15 is 0 Å². The lowest BCUT2D eigenvalue weighted by Crippen LogP contribution is -2.42. The molecule has 1 aromatic carbocycles. The van der Waals surface area contributed by atoms with E-state index < -0.39 is 5.41 Å². The lowest BCUT2D eigenvalue weighted by atomic mass is 9.77. The average Bonchev–Trinajstić information content (AvgIpc) is 2.48. The van der Waals surface area contributed by atoms with Gasteiger partial charge in [0.2, 0.25) is 0 Å². The summed E-state index contributed by atoms with van der Waals surface area (Å²) in [6.07, 6.45) is 4.06. The number of carbonyl (C=O) groups is 1. The van der Waals surface area contributed by atoms with E-state index in [-0.39, 0.29) is 5.97 Å². The molecule has 1 heterocycles. The number of ether oxygens (including phenoxy) is 3. The Balaban J connectivity index is 2.36. The first-order valence-corrected chi connectivity index (χ1v) is 6.31. The molecule has 0 aliphatic carbocycles. The quantitative estimate of drug-likeness (QED) is 0.782. The molecule has 1 unspecified atom stereocenters. The van der Waals surface area contributed by atoms with E-state index in [1.165, 1.54) is 0 Å². The van der Waals surface area contributed by atoms with Gasteiger partial charge in [-0.25, -0.2) is 0 Å². The SMILES string of the molecule is CCOC(=O)C1(c2ccc(OC)cc2)CC=COC1. The molecule has 0 spiro atoms. The van der Waals surface area contributed by atoms with Crippen molar-refractivity contribution in [1.82, 2.24) is 0 Å². The Hall–Kier alpha value is -1.97. The fourth-order valence-electron chi connectivity index (χ4n) is 2.21. The molecule has 102 valence electrons. The first-order valence-electron chi connectivity index (χ1n) is 6.31. The van der Waals surface area contributed by atoms with Gasteiger partial charge in [0.05, 0.1) is 20.0 Å². The Morgan fingerprint density at radius 3 is 2.63 bits per heavy atom. The van der Waals surface area contributed by atoms with Crippen molar-refractivity contribution in [1.29, 1.82) is 0 Å². The molecule has 1 aliphatic heterocycles. The van der Waals surface area contributed by atoms with Crippen molar-refractivity contribution in [3.8, 4) is 5.75 Å². The summed E-state index contributed by atoms with van der Waals surface area (Å²) in [4.78, 5) is 12.3. The number of benzene rings is 1. The predicted molar refractivity (Wildman–Crippen MR) is 71.0 cm³/mol. The van der Waals surface area contributed by atoms with Gasteiger partial charge in [-0.05, 0) is 37.1 Å². The van der Waals surface area contributed by atoms with E-state index in [1.54, 1.807) is 20.3 Å². The number of hydrogen-bond acceptors (Lipinski definition) is 4. The highest BCUT2D eigenvalue weighted by Crippen LogP contribution is 2.34. The molecule has 4 nitrogen and oxygen atoms in total. The number of carbonyl (C=O) groups excluding carboxylic acids is 1. The number of hydrogen-bond donors (Lipinski definition) is 0. The number of esters is 1. The number of allylic oxidation sites excluding steroid dienone is 1. The summed E-state index contributed by atoms with van der Waals surface area (Å²) >= 11 is 0. The van der Waals surface area contributed by atoms with Crippen LogP contribution in [0.1, 0.15) is 18.9 Å². The van der Waals surface area contributed by atoms with Crippen LogP contribution in [0.3, 0.4) is 0 Å². The third kappa shape index (κ3) is 2.57. The van der Waals surface area contributed by atoms with E-state index in [2.05, 4.69) is 0 Å². The molecule has 1 aromatic rings. The molecule has 0 saturated heterocycles. The van der Waals surface area contributed by atoms with Crippen LogP contribution in [0.5, 0.6) is 5.75 Å². The van der Waals surface area contributed by atoms with Crippen LogP contribution in [0.25, 0.3) is 0 Å². The van der Waals surface area contributed by atoms with Crippen LogP contribution in [0.2, 0.25) is 0 Å². The van der Waals surface area contributed by atoms with Gasteiger partial charge >= 0.3 is 5.97 Å². The molecule has 0 fully saturated rings. The van der Waals surface area contributed by atoms with Crippen molar-refractivity contribution in [2.45, 2.75) is 18.8 Å². The Bertz CT molecular complexity index is 464. The maximum Gasteiger partial charge on any atom is 0.320 e. The Kier molecular flexibility index (Phi) is 4.10. The highest BCUT2D eigenvalue weighted by atomic mass is 16.5. The van der Waals surface area contributed by atoms with Crippen LogP contribution in [0.4, 0.5) is 0 Å². The van der Waals surface area contributed by atoms with Crippen LogP contribution in [0, 0.1) is 0 Å². The minimum atomic E-state index is -0.753. The highest BCUT2D eigenvalue weighted by Gasteiger charge is 2.43. The van der Waals surface area contributed by atoms with Gasteiger partial charge in [-0.2, -0.15) is 0 Å². The number of rotatable bonds is 4. The smallest absolute Gasteiger partial charge is 0.320 e. The van der Waals surface area contributed by atoms with Gasteiger partial charge < -0.3 is 14.2 Å². The lowest BCUT2D eigenvalue weighted by molar-refractivity contribution is -0.152. The zero-order valence-corrected chi connectivity index (χ0v) is 11.2. The Morgan fingerprint density at radius 1 is 1.37 bits per heavy atom. The maximum absolute atomic E-state index is 12.3. The van der Waals surface area contributed by atoms with Gasteiger partial charge in [-0.15, -0.1) is 0 Å². The highest BCUT2D eigenvalue weighted by molar-refractivity contribution is 5.84. The predicted octanol–water partition coefficient (Wildman–Crippen LogP) is 2.43. The molecule has 0 N–H and O–H groups in total. The van der Waals surface area contributed by atoms with Crippen molar-refractivity contribution in [2.75, 3.05) is 20.3 Å². The average molecular weight is 262 g/mol. The van der Waals surface area contributed by atoms with Gasteiger partial charge in [0.25, 0.3) is 0 Å². The van der Waals surface area contributed by atoms with Gasteiger partial charge in [-0.3, -0.25) is 4.79 Å². The molecule has 1 atom stereocenters. The van der Waals surface area contributed by atoms with Crippen molar-refractivity contribution < 1.29 is 19.0 Å². The zero-order chi connectivity index (χ0) is 13.7. The summed E-state index contributed by atoms with van der Waals surface area (Å²) in [5, 5.41) is 0. The monoisotopic (exact) mass is 262 g/mol. The van der Waals surface area contributed by atoms with E-state index in [9.17, 15) is 4.79 Å². The summed E-state index contributed by atoms with van der Waals surface area (Å²) in [6.45, 7) is 2.47. The topological polar surface area (TPSA) is 44.8 Å². The first kappa shape index (κ1) is 13.5. The molecule has 0 bridgehead atoms. The van der Waals surface area contributed by atoms with Gasteiger partial charge in [0.1, 0.15) is 17.8 Å². The molecule has 0 amide bonds. The van der Waals surface area contributed by atoms with Crippen molar-refractivity contribution >= 4 is 5.97 Å². The normalized spacial score (nSPS) is 21.6. The summed E-state index contributed by atoms with van der Waals surface area (Å²) in [6, 6.07) is 7.46. The second-order valence-electron chi connectivity index (χ2n) is 4.42.